The molecule has 3 heteroatoms. The highest BCUT2D eigenvalue weighted by Crippen LogP contribution is 2.42. The number of hydrogen-bond acceptors (Lipinski definition) is 3. The van der Waals surface area contributed by atoms with Gasteiger partial charge in [-0.05, 0) is 42.7 Å². The number of fused-ring (bicyclic) bond motifs is 1. The average Bonchev–Trinajstić information content (AvgIpc) is 2.47. The summed E-state index contributed by atoms with van der Waals surface area (Å²) in [6, 6.07) is 16.7. The Morgan fingerprint density at radius 1 is 1.20 bits per heavy atom. The van der Waals surface area contributed by atoms with Crippen LogP contribution in [0.2, 0.25) is 0 Å². The van der Waals surface area contributed by atoms with Gasteiger partial charge in [0.15, 0.2) is 0 Å². The van der Waals surface area contributed by atoms with E-state index in [1.165, 1.54) is 16.0 Å². The Bertz CT molecular complexity index is 613. The summed E-state index contributed by atoms with van der Waals surface area (Å²) < 4.78 is 0. The molecule has 3 rings (SSSR count). The van der Waals surface area contributed by atoms with Crippen molar-refractivity contribution >= 4 is 17.4 Å². The fraction of sp³-hybridized carbons (Fsp3) is 0.294. The molecular formula is C17H19NOS. The third-order valence-electron chi connectivity index (χ3n) is 3.86. The molecule has 2 aromatic carbocycles. The molecule has 20 heavy (non-hydrogen) atoms. The monoisotopic (exact) mass is 285 g/mol. The van der Waals surface area contributed by atoms with Crippen molar-refractivity contribution in [2.45, 2.75) is 23.8 Å². The molecule has 1 aliphatic rings. The highest BCUT2D eigenvalue weighted by atomic mass is 32.2. The predicted molar refractivity (Wildman–Crippen MR) is 85.3 cm³/mol. The Morgan fingerprint density at radius 2 is 2.05 bits per heavy atom. The van der Waals surface area contributed by atoms with E-state index in [1.54, 1.807) is 0 Å². The minimum atomic E-state index is -0.365. The number of anilines is 1. The highest BCUT2D eigenvalue weighted by Gasteiger charge is 2.36. The Kier molecular flexibility index (Phi) is 3.72. The van der Waals surface area contributed by atoms with Crippen LogP contribution in [0.3, 0.4) is 0 Å². The van der Waals surface area contributed by atoms with Gasteiger partial charge >= 0.3 is 0 Å². The van der Waals surface area contributed by atoms with E-state index >= 15 is 0 Å². The minimum absolute atomic E-state index is 0.110. The number of thioether (sulfide) groups is 1. The number of aryl methyl sites for hydroxylation is 1. The van der Waals surface area contributed by atoms with Crippen LogP contribution in [0.15, 0.2) is 53.4 Å². The van der Waals surface area contributed by atoms with Crippen molar-refractivity contribution < 1.29 is 5.11 Å². The van der Waals surface area contributed by atoms with Crippen LogP contribution in [0, 0.1) is 6.92 Å². The van der Waals surface area contributed by atoms with Crippen molar-refractivity contribution in [1.82, 2.24) is 0 Å². The smallest absolute Gasteiger partial charge is 0.0875 e. The molecule has 2 N–H and O–H groups in total. The molecule has 1 atom stereocenters. The molecule has 0 aromatic heterocycles. The van der Waals surface area contributed by atoms with E-state index in [-0.39, 0.29) is 12.1 Å². The van der Waals surface area contributed by atoms with Gasteiger partial charge in [0.05, 0.1) is 12.1 Å². The van der Waals surface area contributed by atoms with E-state index in [4.69, 9.17) is 0 Å². The number of aliphatic hydroxyl groups excluding tert-OH is 1. The average molecular weight is 285 g/mol. The summed E-state index contributed by atoms with van der Waals surface area (Å²) in [5.41, 5.74) is 3.14. The lowest BCUT2D eigenvalue weighted by Crippen LogP contribution is -2.42. The van der Waals surface area contributed by atoms with Crippen LogP contribution >= 0.6 is 11.8 Å². The second kappa shape index (κ2) is 5.51. The van der Waals surface area contributed by atoms with E-state index in [9.17, 15) is 5.11 Å². The van der Waals surface area contributed by atoms with Gasteiger partial charge in [-0.3, -0.25) is 0 Å². The van der Waals surface area contributed by atoms with Gasteiger partial charge in [0.25, 0.3) is 0 Å². The molecule has 0 amide bonds. The van der Waals surface area contributed by atoms with Crippen molar-refractivity contribution in [1.29, 1.82) is 0 Å². The molecule has 1 unspecified atom stereocenters. The molecule has 1 heterocycles. The minimum Gasteiger partial charge on any atom is -0.394 e. The molecule has 2 aromatic rings. The van der Waals surface area contributed by atoms with Crippen LogP contribution in [-0.2, 0) is 5.54 Å². The standard InChI is InChI=1S/C17H19NOS/c1-13-5-4-6-14(11-13)18-17(12-19)9-10-20-16-8-3-2-7-15(16)17/h2-8,11,18-19H,9-10,12H2,1H3. The SMILES string of the molecule is Cc1cccc(NC2(CO)CCSc3ccccc32)c1. The quantitative estimate of drug-likeness (QED) is 0.900. The molecule has 0 saturated carbocycles. The van der Waals surface area contributed by atoms with Crippen LogP contribution in [-0.4, -0.2) is 17.5 Å². The summed E-state index contributed by atoms with van der Waals surface area (Å²) in [6.45, 7) is 2.19. The third kappa shape index (κ3) is 2.43. The predicted octanol–water partition coefficient (Wildman–Crippen LogP) is 3.79. The Hall–Kier alpha value is -1.45. The molecule has 0 saturated heterocycles. The summed E-state index contributed by atoms with van der Waals surface area (Å²) in [5.74, 6) is 1.02. The molecule has 1 aliphatic heterocycles. The molecule has 0 spiro atoms. The number of aliphatic hydroxyl groups is 1. The molecule has 2 nitrogen and oxygen atoms in total. The zero-order chi connectivity index (χ0) is 14.0. The van der Waals surface area contributed by atoms with Crippen LogP contribution in [0.5, 0.6) is 0 Å². The Balaban J connectivity index is 2.00. The first-order valence-electron chi connectivity index (χ1n) is 6.91. The molecule has 0 fully saturated rings. The zero-order valence-corrected chi connectivity index (χ0v) is 12.4. The van der Waals surface area contributed by atoms with Crippen LogP contribution in [0.4, 0.5) is 5.69 Å². The van der Waals surface area contributed by atoms with Crippen molar-refractivity contribution in [3.8, 4) is 0 Å². The summed E-state index contributed by atoms with van der Waals surface area (Å²) in [5, 5.41) is 13.6. The van der Waals surface area contributed by atoms with E-state index in [2.05, 4.69) is 48.6 Å². The molecule has 0 aliphatic carbocycles. The van der Waals surface area contributed by atoms with Gasteiger partial charge in [-0.2, -0.15) is 0 Å². The van der Waals surface area contributed by atoms with E-state index in [1.807, 2.05) is 23.9 Å². The van der Waals surface area contributed by atoms with Crippen molar-refractivity contribution in [3.63, 3.8) is 0 Å². The Labute approximate surface area is 124 Å². The normalized spacial score (nSPS) is 21.3. The molecule has 0 radical (unpaired) electrons. The van der Waals surface area contributed by atoms with Crippen LogP contribution in [0.1, 0.15) is 17.5 Å². The lowest BCUT2D eigenvalue weighted by Gasteiger charge is -2.39. The lowest BCUT2D eigenvalue weighted by molar-refractivity contribution is 0.205. The maximum absolute atomic E-state index is 10.0. The molecular weight excluding hydrogens is 266 g/mol. The summed E-state index contributed by atoms with van der Waals surface area (Å²) in [7, 11) is 0. The number of benzene rings is 2. The summed E-state index contributed by atoms with van der Waals surface area (Å²) in [4.78, 5) is 1.27. The van der Waals surface area contributed by atoms with Gasteiger partial charge in [0.1, 0.15) is 0 Å². The van der Waals surface area contributed by atoms with Gasteiger partial charge in [0, 0.05) is 16.3 Å². The summed E-state index contributed by atoms with van der Waals surface area (Å²) in [6.07, 6.45) is 0.930. The van der Waals surface area contributed by atoms with Gasteiger partial charge in [-0.1, -0.05) is 30.3 Å². The number of hydrogen-bond donors (Lipinski definition) is 2. The second-order valence-corrected chi connectivity index (χ2v) is 6.47. The number of rotatable bonds is 3. The van der Waals surface area contributed by atoms with E-state index < -0.39 is 0 Å². The molecule has 104 valence electrons. The van der Waals surface area contributed by atoms with E-state index in [0.29, 0.717) is 0 Å². The fourth-order valence-corrected chi connectivity index (χ4v) is 4.05. The Morgan fingerprint density at radius 3 is 2.85 bits per heavy atom. The van der Waals surface area contributed by atoms with Crippen molar-refractivity contribution in [2.24, 2.45) is 0 Å². The van der Waals surface area contributed by atoms with Crippen LogP contribution < -0.4 is 5.32 Å². The first-order chi connectivity index (χ1) is 9.73. The van der Waals surface area contributed by atoms with Gasteiger partial charge in [-0.15, -0.1) is 11.8 Å². The second-order valence-electron chi connectivity index (χ2n) is 5.33. The highest BCUT2D eigenvalue weighted by molar-refractivity contribution is 7.99. The van der Waals surface area contributed by atoms with Crippen molar-refractivity contribution in [2.75, 3.05) is 17.7 Å². The van der Waals surface area contributed by atoms with Gasteiger partial charge < -0.3 is 10.4 Å². The lowest BCUT2D eigenvalue weighted by atomic mass is 9.87. The first-order valence-corrected chi connectivity index (χ1v) is 7.90. The maximum Gasteiger partial charge on any atom is 0.0875 e. The van der Waals surface area contributed by atoms with E-state index in [0.717, 1.165) is 17.9 Å². The van der Waals surface area contributed by atoms with Crippen molar-refractivity contribution in [3.05, 3.63) is 59.7 Å². The number of nitrogens with one attached hydrogen (secondary N) is 1. The van der Waals surface area contributed by atoms with Crippen LogP contribution in [0.25, 0.3) is 0 Å². The third-order valence-corrected chi connectivity index (χ3v) is 4.94. The molecule has 0 bridgehead atoms. The maximum atomic E-state index is 10.0. The first kappa shape index (κ1) is 13.5. The van der Waals surface area contributed by atoms with Gasteiger partial charge in [0.2, 0.25) is 0 Å². The fourth-order valence-electron chi connectivity index (χ4n) is 2.79. The largest absolute Gasteiger partial charge is 0.394 e. The topological polar surface area (TPSA) is 32.3 Å². The summed E-state index contributed by atoms with van der Waals surface area (Å²) >= 11 is 1.87. The zero-order valence-electron chi connectivity index (χ0n) is 11.6. The van der Waals surface area contributed by atoms with Gasteiger partial charge in [-0.25, -0.2) is 0 Å².